The van der Waals surface area contributed by atoms with Gasteiger partial charge in [-0.05, 0) is 95.5 Å². The Morgan fingerprint density at radius 3 is 2.12 bits per heavy atom. The summed E-state index contributed by atoms with van der Waals surface area (Å²) in [6.07, 6.45) is 6.08. The zero-order valence-electron chi connectivity index (χ0n) is 24.7. The molecular weight excluding hydrogens is 492 g/mol. The van der Waals surface area contributed by atoms with Gasteiger partial charge in [-0.2, -0.15) is 0 Å². The second-order valence-corrected chi connectivity index (χ2v) is 13.8. The van der Waals surface area contributed by atoms with Gasteiger partial charge in [0.05, 0.1) is 0 Å². The van der Waals surface area contributed by atoms with Crippen LogP contribution in [-0.4, -0.2) is 0 Å². The molecule has 1 unspecified atom stereocenters. The predicted octanol–water partition coefficient (Wildman–Crippen LogP) is 10.9. The third-order valence-electron chi connectivity index (χ3n) is 9.95. The van der Waals surface area contributed by atoms with E-state index in [0.717, 1.165) is 6.42 Å². The average molecular weight is 529 g/mol. The van der Waals surface area contributed by atoms with Crippen molar-refractivity contribution in [2.24, 2.45) is 0 Å². The molecule has 1 atom stereocenters. The molecule has 5 aromatic rings. The molecule has 200 valence electrons. The zero-order chi connectivity index (χ0) is 28.1. The first-order chi connectivity index (χ1) is 19.7. The second kappa shape index (κ2) is 8.43. The van der Waals surface area contributed by atoms with Crippen molar-refractivity contribution in [3.05, 3.63) is 142 Å². The van der Waals surface area contributed by atoms with Crippen LogP contribution in [-0.2, 0) is 17.3 Å². The Hall–Kier alpha value is -4.16. The van der Waals surface area contributed by atoms with Gasteiger partial charge < -0.3 is 0 Å². The van der Waals surface area contributed by atoms with Gasteiger partial charge in [-0.15, -0.1) is 0 Å². The molecule has 0 heterocycles. The van der Waals surface area contributed by atoms with E-state index in [4.69, 9.17) is 0 Å². The van der Waals surface area contributed by atoms with Crippen molar-refractivity contribution in [1.82, 2.24) is 0 Å². The van der Waals surface area contributed by atoms with Crippen LogP contribution in [0.3, 0.4) is 0 Å². The quantitative estimate of drug-likeness (QED) is 0.214. The fourth-order valence-electron chi connectivity index (χ4n) is 7.64. The van der Waals surface area contributed by atoms with Crippen molar-refractivity contribution >= 4 is 22.4 Å². The van der Waals surface area contributed by atoms with E-state index < -0.39 is 0 Å². The summed E-state index contributed by atoms with van der Waals surface area (Å²) in [6, 6.07) is 36.6. The van der Waals surface area contributed by atoms with E-state index in [2.05, 4.69) is 144 Å². The van der Waals surface area contributed by atoms with Crippen molar-refractivity contribution < 1.29 is 0 Å². The number of hydrogen-bond acceptors (Lipinski definition) is 0. The fraction of sp³-hybridized carbons (Fsp3) is 0.220. The van der Waals surface area contributed by atoms with Gasteiger partial charge in [0.2, 0.25) is 0 Å². The molecule has 0 fully saturated rings. The standard InChI is InChI=1S/C41H36/c1-40(2,3)32-21-29-15-16-31-24-36-39(34-20-18-30(22-32)37(29)38(31)34)33-19-17-28(23-35(33)41(36,4)5)27-13-11-26(12-14-27)25-9-7-6-8-10-25/h6-17,19-24,39H,18H2,1-5H3. The van der Waals surface area contributed by atoms with Crippen LogP contribution in [0, 0.1) is 0 Å². The molecule has 0 saturated carbocycles. The molecule has 0 amide bonds. The van der Waals surface area contributed by atoms with Gasteiger partial charge in [-0.1, -0.05) is 138 Å². The molecule has 0 saturated heterocycles. The lowest BCUT2D eigenvalue weighted by molar-refractivity contribution is 0.590. The van der Waals surface area contributed by atoms with Gasteiger partial charge in [0, 0.05) is 11.3 Å². The van der Waals surface area contributed by atoms with Gasteiger partial charge in [0.15, 0.2) is 0 Å². The molecule has 3 aliphatic rings. The molecule has 0 aliphatic heterocycles. The van der Waals surface area contributed by atoms with Gasteiger partial charge in [0.1, 0.15) is 0 Å². The maximum Gasteiger partial charge on any atom is 0.0317 e. The van der Waals surface area contributed by atoms with Crippen molar-refractivity contribution in [1.29, 1.82) is 0 Å². The summed E-state index contributed by atoms with van der Waals surface area (Å²) < 4.78 is 0. The predicted molar refractivity (Wildman–Crippen MR) is 175 cm³/mol. The summed E-state index contributed by atoms with van der Waals surface area (Å²) in [5.74, 6) is 0.336. The fourth-order valence-corrected chi connectivity index (χ4v) is 7.64. The number of benzene rings is 5. The first kappa shape index (κ1) is 24.6. The Bertz CT molecular complexity index is 1940. The van der Waals surface area contributed by atoms with Gasteiger partial charge in [-0.3, -0.25) is 0 Å². The van der Waals surface area contributed by atoms with E-state index in [1.54, 1.807) is 0 Å². The Kier molecular flexibility index (Phi) is 5.06. The highest BCUT2D eigenvalue weighted by atomic mass is 14.5. The Morgan fingerprint density at radius 2 is 1.39 bits per heavy atom. The minimum Gasteiger partial charge on any atom is -0.0753 e. The molecule has 0 heteroatoms. The third-order valence-corrected chi connectivity index (χ3v) is 9.95. The van der Waals surface area contributed by atoms with E-state index >= 15 is 0 Å². The average Bonchev–Trinajstić information content (AvgIpc) is 3.21. The van der Waals surface area contributed by atoms with Gasteiger partial charge in [-0.25, -0.2) is 0 Å². The third kappa shape index (κ3) is 3.60. The lowest BCUT2D eigenvalue weighted by Gasteiger charge is -2.34. The monoisotopic (exact) mass is 528 g/mol. The molecule has 0 bridgehead atoms. The maximum atomic E-state index is 2.55. The van der Waals surface area contributed by atoms with Crippen molar-refractivity contribution in [3.8, 4) is 22.3 Å². The van der Waals surface area contributed by atoms with E-state index in [1.165, 1.54) is 77.6 Å². The highest BCUT2D eigenvalue weighted by molar-refractivity contribution is 6.06. The number of allylic oxidation sites excluding steroid dienone is 3. The van der Waals surface area contributed by atoms with Crippen molar-refractivity contribution in [3.63, 3.8) is 0 Å². The molecular formula is C41H36. The minimum absolute atomic E-state index is 0.0240. The summed E-state index contributed by atoms with van der Waals surface area (Å²) in [5.41, 5.74) is 17.0. The Labute approximate surface area is 244 Å². The molecule has 5 aromatic carbocycles. The minimum atomic E-state index is -0.0240. The first-order valence-electron chi connectivity index (χ1n) is 15.0. The van der Waals surface area contributed by atoms with E-state index in [9.17, 15) is 0 Å². The molecule has 0 aromatic heterocycles. The molecule has 41 heavy (non-hydrogen) atoms. The van der Waals surface area contributed by atoms with Gasteiger partial charge >= 0.3 is 0 Å². The highest BCUT2D eigenvalue weighted by Crippen LogP contribution is 2.60. The van der Waals surface area contributed by atoms with Crippen LogP contribution in [0.15, 0.2) is 109 Å². The SMILES string of the molecule is CC(C)(C)c1cc2c3c4c(ccc3c1)C=C1C(C4=CC2)c2ccc(-c3ccc(-c4ccccc4)cc3)cc2C1(C)C. The highest BCUT2D eigenvalue weighted by Gasteiger charge is 2.46. The zero-order valence-corrected chi connectivity index (χ0v) is 24.7. The van der Waals surface area contributed by atoms with Crippen LogP contribution in [0.4, 0.5) is 0 Å². The van der Waals surface area contributed by atoms with Crippen LogP contribution < -0.4 is 0 Å². The summed E-state index contributed by atoms with van der Waals surface area (Å²) in [6.45, 7) is 11.8. The summed E-state index contributed by atoms with van der Waals surface area (Å²) >= 11 is 0. The largest absolute Gasteiger partial charge is 0.0753 e. The topological polar surface area (TPSA) is 0 Å². The molecule has 8 rings (SSSR count). The normalized spacial score (nSPS) is 18.0. The van der Waals surface area contributed by atoms with Crippen molar-refractivity contribution in [2.75, 3.05) is 0 Å². The summed E-state index contributed by atoms with van der Waals surface area (Å²) in [5, 5.41) is 2.87. The smallest absolute Gasteiger partial charge is 0.0317 e. The Balaban J connectivity index is 1.24. The summed E-state index contributed by atoms with van der Waals surface area (Å²) in [7, 11) is 0. The summed E-state index contributed by atoms with van der Waals surface area (Å²) in [4.78, 5) is 0. The molecule has 3 aliphatic carbocycles. The molecule has 0 N–H and O–H groups in total. The van der Waals surface area contributed by atoms with Crippen LogP contribution in [0.1, 0.15) is 73.9 Å². The first-order valence-corrected chi connectivity index (χ1v) is 15.0. The van der Waals surface area contributed by atoms with E-state index in [0.29, 0.717) is 5.92 Å². The Morgan fingerprint density at radius 1 is 0.707 bits per heavy atom. The molecule has 0 radical (unpaired) electrons. The lowest BCUT2D eigenvalue weighted by atomic mass is 9.69. The molecule has 0 nitrogen and oxygen atoms in total. The van der Waals surface area contributed by atoms with Crippen LogP contribution in [0.25, 0.3) is 44.7 Å². The number of fused-ring (bicyclic) bond motifs is 4. The maximum absolute atomic E-state index is 2.55. The van der Waals surface area contributed by atoms with Crippen LogP contribution >= 0.6 is 0 Å². The molecule has 0 spiro atoms. The van der Waals surface area contributed by atoms with E-state index in [1.807, 2.05) is 0 Å². The van der Waals surface area contributed by atoms with E-state index in [-0.39, 0.29) is 10.8 Å². The van der Waals surface area contributed by atoms with Crippen LogP contribution in [0.2, 0.25) is 0 Å². The number of rotatable bonds is 2. The van der Waals surface area contributed by atoms with Crippen LogP contribution in [0.5, 0.6) is 0 Å². The van der Waals surface area contributed by atoms with Gasteiger partial charge in [0.25, 0.3) is 0 Å². The number of hydrogen-bond donors (Lipinski definition) is 0. The second-order valence-electron chi connectivity index (χ2n) is 13.8. The lowest BCUT2D eigenvalue weighted by Crippen LogP contribution is -2.20. The van der Waals surface area contributed by atoms with Crippen molar-refractivity contribution in [2.45, 2.75) is 57.8 Å².